The lowest BCUT2D eigenvalue weighted by atomic mass is 10.0. The van der Waals surface area contributed by atoms with Gasteiger partial charge in [0.05, 0.1) is 5.60 Å². The van der Waals surface area contributed by atoms with Crippen LogP contribution in [0, 0.1) is 0 Å². The number of hydrogen-bond acceptors (Lipinski definition) is 5. The fourth-order valence-electron chi connectivity index (χ4n) is 1.16. The second kappa shape index (κ2) is 5.41. The van der Waals surface area contributed by atoms with Crippen molar-refractivity contribution in [1.29, 1.82) is 0 Å². The summed E-state index contributed by atoms with van der Waals surface area (Å²) in [5.74, 6) is 1.08. The van der Waals surface area contributed by atoms with Gasteiger partial charge in [-0.25, -0.2) is 4.98 Å². The standard InChI is InChI=1S/C10H17ClN4O/c1-4-12-9-14-7(13-8(11)15-9)5-6-10(2,3)16/h16H,4-6H2,1-3H3,(H,12,13,14,15). The van der Waals surface area contributed by atoms with Gasteiger partial charge < -0.3 is 10.4 Å². The average Bonchev–Trinajstić information content (AvgIpc) is 2.13. The average molecular weight is 245 g/mol. The topological polar surface area (TPSA) is 70.9 Å². The molecule has 0 saturated carbocycles. The maximum atomic E-state index is 9.60. The van der Waals surface area contributed by atoms with E-state index in [0.29, 0.717) is 24.6 Å². The molecule has 0 saturated heterocycles. The monoisotopic (exact) mass is 244 g/mol. The fourth-order valence-corrected chi connectivity index (χ4v) is 1.34. The zero-order chi connectivity index (χ0) is 12.2. The van der Waals surface area contributed by atoms with Crippen molar-refractivity contribution >= 4 is 17.5 Å². The lowest BCUT2D eigenvalue weighted by Gasteiger charge is -2.16. The summed E-state index contributed by atoms with van der Waals surface area (Å²) in [4.78, 5) is 12.1. The van der Waals surface area contributed by atoms with Gasteiger partial charge in [-0.3, -0.25) is 0 Å². The Morgan fingerprint density at radius 1 is 1.31 bits per heavy atom. The summed E-state index contributed by atoms with van der Waals surface area (Å²) in [5, 5.41) is 12.8. The van der Waals surface area contributed by atoms with Gasteiger partial charge in [0.2, 0.25) is 11.2 Å². The Hall–Kier alpha value is -0.940. The molecule has 0 amide bonds. The number of halogens is 1. The maximum Gasteiger partial charge on any atom is 0.227 e. The SMILES string of the molecule is CCNc1nc(Cl)nc(CCC(C)(C)O)n1. The van der Waals surface area contributed by atoms with Crippen LogP contribution in [0.4, 0.5) is 5.95 Å². The molecule has 5 nitrogen and oxygen atoms in total. The number of hydrogen-bond donors (Lipinski definition) is 2. The summed E-state index contributed by atoms with van der Waals surface area (Å²) >= 11 is 5.77. The molecule has 16 heavy (non-hydrogen) atoms. The molecule has 1 heterocycles. The van der Waals surface area contributed by atoms with Gasteiger partial charge in [0.1, 0.15) is 5.82 Å². The Morgan fingerprint density at radius 3 is 2.56 bits per heavy atom. The van der Waals surface area contributed by atoms with Crippen molar-refractivity contribution in [2.75, 3.05) is 11.9 Å². The quantitative estimate of drug-likeness (QED) is 0.824. The minimum atomic E-state index is -0.725. The lowest BCUT2D eigenvalue weighted by molar-refractivity contribution is 0.0708. The molecule has 0 aromatic carbocycles. The van der Waals surface area contributed by atoms with Gasteiger partial charge >= 0.3 is 0 Å². The normalized spacial score (nSPS) is 11.6. The van der Waals surface area contributed by atoms with Gasteiger partial charge in [-0.15, -0.1) is 0 Å². The van der Waals surface area contributed by atoms with Crippen LogP contribution in [-0.2, 0) is 6.42 Å². The molecular weight excluding hydrogens is 228 g/mol. The molecule has 90 valence electrons. The lowest BCUT2D eigenvalue weighted by Crippen LogP contribution is -2.20. The fraction of sp³-hybridized carbons (Fsp3) is 0.700. The number of rotatable bonds is 5. The number of aliphatic hydroxyl groups is 1. The first-order valence-corrected chi connectivity index (χ1v) is 5.65. The van der Waals surface area contributed by atoms with Gasteiger partial charge in [-0.2, -0.15) is 9.97 Å². The molecule has 0 aliphatic heterocycles. The highest BCUT2D eigenvalue weighted by Crippen LogP contribution is 2.13. The molecule has 2 N–H and O–H groups in total. The van der Waals surface area contributed by atoms with Crippen LogP contribution in [0.5, 0.6) is 0 Å². The molecule has 0 fully saturated rings. The summed E-state index contributed by atoms with van der Waals surface area (Å²) in [5.41, 5.74) is -0.725. The van der Waals surface area contributed by atoms with Crippen LogP contribution in [0.3, 0.4) is 0 Å². The number of anilines is 1. The predicted molar refractivity (Wildman–Crippen MR) is 63.6 cm³/mol. The Kier molecular flexibility index (Phi) is 4.44. The third kappa shape index (κ3) is 4.72. The summed E-state index contributed by atoms with van der Waals surface area (Å²) in [7, 11) is 0. The first-order valence-electron chi connectivity index (χ1n) is 5.27. The molecule has 0 aliphatic carbocycles. The Morgan fingerprint density at radius 2 is 2.00 bits per heavy atom. The second-order valence-electron chi connectivity index (χ2n) is 4.19. The maximum absolute atomic E-state index is 9.60. The highest BCUT2D eigenvalue weighted by Gasteiger charge is 2.14. The van der Waals surface area contributed by atoms with Crippen molar-refractivity contribution in [2.45, 2.75) is 39.2 Å². The van der Waals surface area contributed by atoms with E-state index in [0.717, 1.165) is 6.54 Å². The van der Waals surface area contributed by atoms with Crippen molar-refractivity contribution in [3.63, 3.8) is 0 Å². The predicted octanol–water partition coefficient (Wildman–Crippen LogP) is 1.66. The molecular formula is C10H17ClN4O. The molecule has 6 heteroatoms. The largest absolute Gasteiger partial charge is 0.390 e. The number of nitrogens with zero attached hydrogens (tertiary/aromatic N) is 3. The van der Waals surface area contributed by atoms with Crippen molar-refractivity contribution in [3.8, 4) is 0 Å². The highest BCUT2D eigenvalue weighted by molar-refractivity contribution is 6.28. The Bertz CT molecular complexity index is 351. The minimum absolute atomic E-state index is 0.177. The highest BCUT2D eigenvalue weighted by atomic mass is 35.5. The van der Waals surface area contributed by atoms with E-state index in [2.05, 4.69) is 20.3 Å². The zero-order valence-corrected chi connectivity index (χ0v) is 10.5. The van der Waals surface area contributed by atoms with Gasteiger partial charge in [0.25, 0.3) is 0 Å². The zero-order valence-electron chi connectivity index (χ0n) is 9.79. The van der Waals surface area contributed by atoms with E-state index in [1.807, 2.05) is 6.92 Å². The molecule has 0 spiro atoms. The summed E-state index contributed by atoms with van der Waals surface area (Å²) < 4.78 is 0. The third-order valence-electron chi connectivity index (χ3n) is 1.95. The molecule has 1 aromatic heterocycles. The van der Waals surface area contributed by atoms with Gasteiger partial charge in [0, 0.05) is 13.0 Å². The van der Waals surface area contributed by atoms with Crippen LogP contribution in [0.15, 0.2) is 0 Å². The molecule has 0 unspecified atom stereocenters. The van der Waals surface area contributed by atoms with Crippen LogP contribution in [-0.4, -0.2) is 32.2 Å². The van der Waals surface area contributed by atoms with Gasteiger partial charge in [0.15, 0.2) is 0 Å². The first kappa shape index (κ1) is 13.1. The van der Waals surface area contributed by atoms with E-state index >= 15 is 0 Å². The summed E-state index contributed by atoms with van der Waals surface area (Å²) in [6, 6.07) is 0. The van der Waals surface area contributed by atoms with E-state index in [9.17, 15) is 5.11 Å². The van der Waals surface area contributed by atoms with Gasteiger partial charge in [-0.05, 0) is 38.8 Å². The Labute approximate surface area is 100 Å². The summed E-state index contributed by atoms with van der Waals surface area (Å²) in [6.07, 6.45) is 1.16. The van der Waals surface area contributed by atoms with Crippen molar-refractivity contribution in [3.05, 3.63) is 11.1 Å². The van der Waals surface area contributed by atoms with Crippen LogP contribution in [0.2, 0.25) is 5.28 Å². The molecule has 0 atom stereocenters. The summed E-state index contributed by atoms with van der Waals surface area (Å²) in [6.45, 7) is 6.18. The second-order valence-corrected chi connectivity index (χ2v) is 4.53. The number of nitrogens with one attached hydrogen (secondary N) is 1. The van der Waals surface area contributed by atoms with E-state index in [1.165, 1.54) is 0 Å². The van der Waals surface area contributed by atoms with E-state index in [4.69, 9.17) is 11.6 Å². The molecule has 0 radical (unpaired) electrons. The smallest absolute Gasteiger partial charge is 0.227 e. The van der Waals surface area contributed by atoms with Crippen LogP contribution >= 0.6 is 11.6 Å². The molecule has 0 bridgehead atoms. The minimum Gasteiger partial charge on any atom is -0.390 e. The first-order chi connectivity index (χ1) is 7.40. The molecule has 1 rings (SSSR count). The number of aryl methyl sites for hydroxylation is 1. The van der Waals surface area contributed by atoms with E-state index < -0.39 is 5.60 Å². The van der Waals surface area contributed by atoms with Crippen molar-refractivity contribution in [1.82, 2.24) is 15.0 Å². The van der Waals surface area contributed by atoms with Crippen LogP contribution in [0.1, 0.15) is 33.0 Å². The molecule has 1 aromatic rings. The van der Waals surface area contributed by atoms with E-state index in [-0.39, 0.29) is 5.28 Å². The molecule has 0 aliphatic rings. The number of aromatic nitrogens is 3. The van der Waals surface area contributed by atoms with E-state index in [1.54, 1.807) is 13.8 Å². The third-order valence-corrected chi connectivity index (χ3v) is 2.12. The van der Waals surface area contributed by atoms with Crippen LogP contribution < -0.4 is 5.32 Å². The van der Waals surface area contributed by atoms with Crippen LogP contribution in [0.25, 0.3) is 0 Å². The van der Waals surface area contributed by atoms with Gasteiger partial charge in [-0.1, -0.05) is 0 Å². The Balaban J connectivity index is 2.72. The van der Waals surface area contributed by atoms with Crippen molar-refractivity contribution in [2.24, 2.45) is 0 Å². The van der Waals surface area contributed by atoms with Crippen molar-refractivity contribution < 1.29 is 5.11 Å².